The minimum absolute atomic E-state index is 0.00963. The maximum atomic E-state index is 5.95. The van der Waals surface area contributed by atoms with Gasteiger partial charge in [-0.05, 0) is 42.5 Å². The zero-order chi connectivity index (χ0) is 15.3. The maximum Gasteiger partial charge on any atom is 0.119 e. The van der Waals surface area contributed by atoms with E-state index in [1.54, 1.807) is 7.11 Å². The fourth-order valence-corrected chi connectivity index (χ4v) is 2.49. The van der Waals surface area contributed by atoms with Crippen molar-refractivity contribution in [3.8, 4) is 5.75 Å². The van der Waals surface area contributed by atoms with Crippen LogP contribution in [0.1, 0.15) is 44.9 Å². The number of hydrogen-bond donors (Lipinski definition) is 2. The molecule has 0 aliphatic rings. The Balaban J connectivity index is 3.16. The number of hydrazine groups is 1. The minimum atomic E-state index is -0.0548. The highest BCUT2D eigenvalue weighted by Gasteiger charge is 2.34. The van der Waals surface area contributed by atoms with Gasteiger partial charge in [0, 0.05) is 6.61 Å². The summed E-state index contributed by atoms with van der Waals surface area (Å²) >= 11 is 0. The molecule has 20 heavy (non-hydrogen) atoms. The van der Waals surface area contributed by atoms with Crippen LogP contribution in [0.15, 0.2) is 18.2 Å². The fourth-order valence-electron chi connectivity index (χ4n) is 2.49. The molecular formula is C16H28N2O2. The third-order valence-electron chi connectivity index (χ3n) is 3.49. The first kappa shape index (κ1) is 17.0. The third-order valence-corrected chi connectivity index (χ3v) is 3.49. The molecule has 0 spiro atoms. The Hall–Kier alpha value is -1.10. The topological polar surface area (TPSA) is 56.5 Å². The first-order valence-corrected chi connectivity index (χ1v) is 7.07. The summed E-state index contributed by atoms with van der Waals surface area (Å²) < 4.78 is 11.2. The zero-order valence-corrected chi connectivity index (χ0v) is 13.5. The Morgan fingerprint density at radius 2 is 1.95 bits per heavy atom. The number of hydrogen-bond acceptors (Lipinski definition) is 4. The molecular weight excluding hydrogens is 252 g/mol. The summed E-state index contributed by atoms with van der Waals surface area (Å²) in [5.74, 6) is 6.66. The third kappa shape index (κ3) is 3.95. The van der Waals surface area contributed by atoms with Crippen LogP contribution in [0.2, 0.25) is 0 Å². The summed E-state index contributed by atoms with van der Waals surface area (Å²) in [5.41, 5.74) is 5.19. The van der Waals surface area contributed by atoms with Crippen LogP contribution in [0, 0.1) is 12.3 Å². The number of methoxy groups -OCH3 is 1. The van der Waals surface area contributed by atoms with Gasteiger partial charge in [-0.1, -0.05) is 26.8 Å². The van der Waals surface area contributed by atoms with Crippen LogP contribution in [0.4, 0.5) is 0 Å². The lowest BCUT2D eigenvalue weighted by molar-refractivity contribution is -0.0368. The molecule has 3 N–H and O–H groups in total. The van der Waals surface area contributed by atoms with Crippen LogP contribution < -0.4 is 16.0 Å². The van der Waals surface area contributed by atoms with Crippen molar-refractivity contribution in [2.75, 3.05) is 13.7 Å². The largest absolute Gasteiger partial charge is 0.497 e. The Bertz CT molecular complexity index is 427. The van der Waals surface area contributed by atoms with Crippen molar-refractivity contribution in [2.45, 2.75) is 46.8 Å². The maximum absolute atomic E-state index is 5.95. The summed E-state index contributed by atoms with van der Waals surface area (Å²) in [6.45, 7) is 11.2. The molecule has 0 bridgehead atoms. The van der Waals surface area contributed by atoms with E-state index in [1.165, 1.54) is 0 Å². The molecule has 1 aromatic carbocycles. The van der Waals surface area contributed by atoms with Crippen LogP contribution in [0.25, 0.3) is 0 Å². The molecule has 4 nitrogen and oxygen atoms in total. The molecule has 0 radical (unpaired) electrons. The van der Waals surface area contributed by atoms with Gasteiger partial charge in [0.25, 0.3) is 0 Å². The Morgan fingerprint density at radius 1 is 1.30 bits per heavy atom. The lowest BCUT2D eigenvalue weighted by Gasteiger charge is -2.37. The molecule has 114 valence electrons. The summed E-state index contributed by atoms with van der Waals surface area (Å²) in [4.78, 5) is 0. The van der Waals surface area contributed by atoms with Crippen molar-refractivity contribution >= 4 is 0 Å². The van der Waals surface area contributed by atoms with Crippen LogP contribution in [-0.4, -0.2) is 19.8 Å². The van der Waals surface area contributed by atoms with E-state index >= 15 is 0 Å². The van der Waals surface area contributed by atoms with E-state index in [0.29, 0.717) is 6.61 Å². The molecule has 2 atom stereocenters. The van der Waals surface area contributed by atoms with Gasteiger partial charge in [0.1, 0.15) is 5.75 Å². The predicted molar refractivity (Wildman–Crippen MR) is 82.7 cm³/mol. The summed E-state index contributed by atoms with van der Waals surface area (Å²) in [6, 6.07) is 5.97. The van der Waals surface area contributed by atoms with E-state index in [0.717, 1.165) is 16.9 Å². The van der Waals surface area contributed by atoms with E-state index in [1.807, 2.05) is 19.1 Å². The number of aryl methyl sites for hydroxylation is 1. The van der Waals surface area contributed by atoms with Gasteiger partial charge in [-0.15, -0.1) is 0 Å². The summed E-state index contributed by atoms with van der Waals surface area (Å²) in [5, 5.41) is 0. The molecule has 0 aliphatic heterocycles. The Kier molecular flexibility index (Phi) is 5.99. The van der Waals surface area contributed by atoms with Crippen molar-refractivity contribution in [3.05, 3.63) is 29.3 Å². The van der Waals surface area contributed by atoms with Crippen LogP contribution in [0.5, 0.6) is 5.75 Å². The Morgan fingerprint density at radius 3 is 2.35 bits per heavy atom. The van der Waals surface area contributed by atoms with Gasteiger partial charge in [-0.25, -0.2) is 0 Å². The smallest absolute Gasteiger partial charge is 0.119 e. The van der Waals surface area contributed by atoms with Crippen molar-refractivity contribution < 1.29 is 9.47 Å². The highest BCUT2D eigenvalue weighted by Crippen LogP contribution is 2.34. The predicted octanol–water partition coefficient (Wildman–Crippen LogP) is 2.96. The normalized spacial score (nSPS) is 14.9. The molecule has 1 aromatic rings. The van der Waals surface area contributed by atoms with Crippen LogP contribution >= 0.6 is 0 Å². The molecule has 0 aromatic heterocycles. The Labute approximate surface area is 122 Å². The lowest BCUT2D eigenvalue weighted by Crippen LogP contribution is -2.45. The van der Waals surface area contributed by atoms with Crippen molar-refractivity contribution in [1.29, 1.82) is 0 Å². The number of ether oxygens (including phenoxy) is 2. The van der Waals surface area contributed by atoms with E-state index in [9.17, 15) is 0 Å². The van der Waals surface area contributed by atoms with E-state index < -0.39 is 0 Å². The molecule has 4 heteroatoms. The second-order valence-corrected chi connectivity index (χ2v) is 6.11. The van der Waals surface area contributed by atoms with Crippen molar-refractivity contribution in [1.82, 2.24) is 5.43 Å². The highest BCUT2D eigenvalue weighted by molar-refractivity contribution is 5.37. The number of nitrogens with one attached hydrogen (secondary N) is 1. The van der Waals surface area contributed by atoms with Crippen LogP contribution in [0.3, 0.4) is 0 Å². The number of rotatable bonds is 6. The van der Waals surface area contributed by atoms with Gasteiger partial charge in [0.05, 0.1) is 19.3 Å². The van der Waals surface area contributed by atoms with Gasteiger partial charge in [-0.3, -0.25) is 11.3 Å². The second-order valence-electron chi connectivity index (χ2n) is 6.11. The van der Waals surface area contributed by atoms with Gasteiger partial charge in [0.2, 0.25) is 0 Å². The molecule has 0 aliphatic carbocycles. The molecule has 0 fully saturated rings. The lowest BCUT2D eigenvalue weighted by atomic mass is 9.81. The molecule has 2 unspecified atom stereocenters. The highest BCUT2D eigenvalue weighted by atomic mass is 16.5. The second kappa shape index (κ2) is 7.07. The molecule has 0 saturated heterocycles. The van der Waals surface area contributed by atoms with E-state index in [-0.39, 0.29) is 17.6 Å². The van der Waals surface area contributed by atoms with Crippen LogP contribution in [-0.2, 0) is 4.74 Å². The summed E-state index contributed by atoms with van der Waals surface area (Å²) in [7, 11) is 1.67. The average Bonchev–Trinajstić information content (AvgIpc) is 2.38. The molecule has 0 saturated carbocycles. The zero-order valence-electron chi connectivity index (χ0n) is 13.5. The number of benzene rings is 1. The SMILES string of the molecule is CCOC(C(NN)c1ccc(OC)cc1C)C(C)(C)C. The quantitative estimate of drug-likeness (QED) is 0.621. The van der Waals surface area contributed by atoms with E-state index in [4.69, 9.17) is 15.3 Å². The standard InChI is InChI=1S/C16H28N2O2/c1-7-20-15(16(3,4)5)14(18-17)13-9-8-12(19-6)10-11(13)2/h8-10,14-15,18H,7,17H2,1-6H3. The van der Waals surface area contributed by atoms with Gasteiger partial charge >= 0.3 is 0 Å². The molecule has 0 heterocycles. The first-order valence-electron chi connectivity index (χ1n) is 7.07. The first-order chi connectivity index (χ1) is 9.35. The van der Waals surface area contributed by atoms with Gasteiger partial charge < -0.3 is 9.47 Å². The van der Waals surface area contributed by atoms with Gasteiger partial charge in [0.15, 0.2) is 0 Å². The van der Waals surface area contributed by atoms with E-state index in [2.05, 4.69) is 39.2 Å². The average molecular weight is 280 g/mol. The fraction of sp³-hybridized carbons (Fsp3) is 0.625. The summed E-state index contributed by atoms with van der Waals surface area (Å²) in [6.07, 6.45) is -0.00963. The van der Waals surface area contributed by atoms with Crippen molar-refractivity contribution in [2.24, 2.45) is 11.3 Å². The molecule has 0 amide bonds. The number of nitrogens with two attached hydrogens (primary N) is 1. The molecule has 1 rings (SSSR count). The van der Waals surface area contributed by atoms with Crippen molar-refractivity contribution in [3.63, 3.8) is 0 Å². The van der Waals surface area contributed by atoms with Gasteiger partial charge in [-0.2, -0.15) is 0 Å². The monoisotopic (exact) mass is 280 g/mol. The minimum Gasteiger partial charge on any atom is -0.497 e.